The molecular weight excluding hydrogens is 452 g/mol. The van der Waals surface area contributed by atoms with Crippen LogP contribution in [-0.4, -0.2) is 35.6 Å². The lowest BCUT2D eigenvalue weighted by atomic mass is 9.94. The molecule has 4 rings (SSSR count). The summed E-state index contributed by atoms with van der Waals surface area (Å²) in [6.07, 6.45) is 5.34. The maximum Gasteiger partial charge on any atom is 0.240 e. The Hall–Kier alpha value is -2.46. The van der Waals surface area contributed by atoms with E-state index < -0.39 is 10.0 Å². The molecule has 1 saturated carbocycles. The number of hydrogen-bond donors (Lipinski definition) is 3. The van der Waals surface area contributed by atoms with Crippen molar-refractivity contribution < 1.29 is 17.9 Å². The van der Waals surface area contributed by atoms with Crippen molar-refractivity contribution in [3.05, 3.63) is 48.0 Å². The molecule has 1 aliphatic carbocycles. The Morgan fingerprint density at radius 2 is 1.78 bits per heavy atom. The van der Waals surface area contributed by atoms with Crippen molar-refractivity contribution in [3.63, 3.8) is 0 Å². The number of rotatable bonds is 5. The summed E-state index contributed by atoms with van der Waals surface area (Å²) in [6, 6.07) is 6.66. The fourth-order valence-corrected chi connectivity index (χ4v) is 5.16. The Morgan fingerprint density at radius 1 is 1.06 bits per heavy atom. The maximum atomic E-state index is 13.0. The van der Waals surface area contributed by atoms with E-state index in [4.69, 9.17) is 10.2 Å². The smallest absolute Gasteiger partial charge is 0.240 e. The van der Waals surface area contributed by atoms with Gasteiger partial charge in [-0.2, -0.15) is 0 Å². The third-order valence-corrected chi connectivity index (χ3v) is 7.14. The number of nitrogens with one attached hydrogen (secondary N) is 1. The molecule has 0 bridgehead atoms. The largest absolute Gasteiger partial charge is 0.441 e. The number of benzene rings is 1. The number of nitrogen functional groups attached to an aromatic ring is 1. The lowest BCUT2D eigenvalue weighted by molar-refractivity contribution is 0.120. The molecule has 2 aromatic heterocycles. The minimum atomic E-state index is -3.70. The second-order valence-electron chi connectivity index (χ2n) is 8.04. The third kappa shape index (κ3) is 5.12. The first-order valence-electron chi connectivity index (χ1n) is 10.2. The average molecular weight is 479 g/mol. The molecule has 4 N–H and O–H groups in total. The van der Waals surface area contributed by atoms with Gasteiger partial charge in [-0.25, -0.2) is 23.1 Å². The molecule has 10 heteroatoms. The maximum absolute atomic E-state index is 13.0. The van der Waals surface area contributed by atoms with Crippen LogP contribution in [0.1, 0.15) is 37.0 Å². The molecule has 172 valence electrons. The van der Waals surface area contributed by atoms with E-state index in [1.54, 1.807) is 37.5 Å². The number of oxazole rings is 1. The van der Waals surface area contributed by atoms with E-state index in [0.717, 1.165) is 16.7 Å². The minimum absolute atomic E-state index is 0. The zero-order chi connectivity index (χ0) is 22.2. The van der Waals surface area contributed by atoms with Crippen LogP contribution < -0.4 is 10.5 Å². The van der Waals surface area contributed by atoms with Gasteiger partial charge in [0.15, 0.2) is 0 Å². The number of aromatic nitrogens is 2. The predicted octanol–water partition coefficient (Wildman–Crippen LogP) is 3.61. The van der Waals surface area contributed by atoms with Gasteiger partial charge < -0.3 is 15.3 Å². The number of nitrogens with zero attached hydrogens (tertiary/aromatic N) is 2. The first kappa shape index (κ1) is 24.2. The molecule has 1 aromatic carbocycles. The molecule has 1 aliphatic rings. The summed E-state index contributed by atoms with van der Waals surface area (Å²) in [5, 5.41) is 9.66. The van der Waals surface area contributed by atoms with E-state index in [2.05, 4.69) is 14.7 Å². The Balaban J connectivity index is 0.00000289. The van der Waals surface area contributed by atoms with Crippen LogP contribution in [0.4, 0.5) is 5.82 Å². The first-order chi connectivity index (χ1) is 14.7. The fourth-order valence-electron chi connectivity index (χ4n) is 3.83. The van der Waals surface area contributed by atoms with Crippen LogP contribution in [0.2, 0.25) is 0 Å². The minimum Gasteiger partial charge on any atom is -0.441 e. The third-order valence-electron chi connectivity index (χ3n) is 5.62. The zero-order valence-electron chi connectivity index (χ0n) is 17.9. The van der Waals surface area contributed by atoms with E-state index in [1.165, 1.54) is 0 Å². The van der Waals surface area contributed by atoms with Gasteiger partial charge in [0.2, 0.25) is 15.9 Å². The number of sulfonamides is 1. The number of aliphatic hydroxyl groups excluding tert-OH is 1. The summed E-state index contributed by atoms with van der Waals surface area (Å²) in [7, 11) is -3.70. The van der Waals surface area contributed by atoms with Crippen molar-refractivity contribution in [2.75, 3.05) is 5.73 Å². The second kappa shape index (κ2) is 9.58. The van der Waals surface area contributed by atoms with Crippen LogP contribution >= 0.6 is 12.4 Å². The van der Waals surface area contributed by atoms with Gasteiger partial charge in [0.05, 0.1) is 22.8 Å². The SMILES string of the molecule is Cc1cnc(-c2cc(-c3cc(S(=O)(=O)NC4CCC(O)CC4)ccc3C)cnc2N)o1.Cl. The quantitative estimate of drug-likeness (QED) is 0.510. The molecule has 1 fully saturated rings. The summed E-state index contributed by atoms with van der Waals surface area (Å²) >= 11 is 0. The van der Waals surface area contributed by atoms with E-state index in [-0.39, 0.29) is 35.3 Å². The molecule has 2 heterocycles. The lowest BCUT2D eigenvalue weighted by Gasteiger charge is -2.26. The van der Waals surface area contributed by atoms with E-state index >= 15 is 0 Å². The highest BCUT2D eigenvalue weighted by Gasteiger charge is 2.25. The summed E-state index contributed by atoms with van der Waals surface area (Å²) in [6.45, 7) is 3.70. The van der Waals surface area contributed by atoms with Crippen molar-refractivity contribution >= 4 is 28.2 Å². The van der Waals surface area contributed by atoms with Crippen LogP contribution in [0.3, 0.4) is 0 Å². The van der Waals surface area contributed by atoms with Gasteiger partial charge >= 0.3 is 0 Å². The van der Waals surface area contributed by atoms with Gasteiger partial charge in [-0.1, -0.05) is 6.07 Å². The van der Waals surface area contributed by atoms with Crippen molar-refractivity contribution in [2.24, 2.45) is 0 Å². The van der Waals surface area contributed by atoms with Gasteiger partial charge in [-0.15, -0.1) is 12.4 Å². The number of halogens is 1. The number of aliphatic hydroxyl groups is 1. The van der Waals surface area contributed by atoms with Crippen LogP contribution in [0, 0.1) is 13.8 Å². The normalized spacial score (nSPS) is 18.8. The molecule has 32 heavy (non-hydrogen) atoms. The van der Waals surface area contributed by atoms with E-state index in [1.807, 2.05) is 13.0 Å². The van der Waals surface area contributed by atoms with Gasteiger partial charge in [-0.05, 0) is 68.9 Å². The second-order valence-corrected chi connectivity index (χ2v) is 9.75. The molecule has 0 aliphatic heterocycles. The Bertz CT molecular complexity index is 1200. The number of nitrogens with two attached hydrogens (primary N) is 1. The molecule has 0 spiro atoms. The van der Waals surface area contributed by atoms with Crippen molar-refractivity contribution in [3.8, 4) is 22.6 Å². The molecule has 0 radical (unpaired) electrons. The molecule has 0 saturated heterocycles. The van der Waals surface area contributed by atoms with Crippen LogP contribution in [0.15, 0.2) is 46.0 Å². The van der Waals surface area contributed by atoms with E-state index in [9.17, 15) is 13.5 Å². The van der Waals surface area contributed by atoms with Crippen molar-refractivity contribution in [1.82, 2.24) is 14.7 Å². The summed E-state index contributed by atoms with van der Waals surface area (Å²) in [5.74, 6) is 1.31. The van der Waals surface area contributed by atoms with Crippen molar-refractivity contribution in [2.45, 2.75) is 56.6 Å². The van der Waals surface area contributed by atoms with E-state index in [0.29, 0.717) is 42.9 Å². The standard InChI is InChI=1S/C22H26N4O4S.ClH/c1-13-3-8-18(31(28,29)26-16-4-6-17(27)7-5-16)10-19(13)15-9-20(21(23)24-12-15)22-25-11-14(2)30-22;/h3,8-12,16-17,26-27H,4-7H2,1-2H3,(H2,23,24);1H. The molecule has 8 nitrogen and oxygen atoms in total. The lowest BCUT2D eigenvalue weighted by Crippen LogP contribution is -2.38. The molecule has 0 unspecified atom stereocenters. The Morgan fingerprint density at radius 3 is 2.44 bits per heavy atom. The molecule has 0 atom stereocenters. The van der Waals surface area contributed by atoms with Gasteiger partial charge in [0, 0.05) is 17.8 Å². The zero-order valence-corrected chi connectivity index (χ0v) is 19.5. The van der Waals surface area contributed by atoms with Gasteiger partial charge in [0.1, 0.15) is 11.6 Å². The Kier molecular flexibility index (Phi) is 7.24. The molecular formula is C22H27ClN4O4S. The molecule has 3 aromatic rings. The van der Waals surface area contributed by atoms with Gasteiger partial charge in [-0.3, -0.25) is 0 Å². The predicted molar refractivity (Wildman–Crippen MR) is 125 cm³/mol. The van der Waals surface area contributed by atoms with Crippen molar-refractivity contribution in [1.29, 1.82) is 0 Å². The molecule has 0 amide bonds. The summed E-state index contributed by atoms with van der Waals surface area (Å²) < 4.78 is 34.3. The highest BCUT2D eigenvalue weighted by atomic mass is 35.5. The highest BCUT2D eigenvalue weighted by molar-refractivity contribution is 7.89. The van der Waals surface area contributed by atoms with Crippen LogP contribution in [0.5, 0.6) is 0 Å². The Labute approximate surface area is 193 Å². The fraction of sp³-hybridized carbons (Fsp3) is 0.364. The van der Waals surface area contributed by atoms with Crippen LogP contribution in [0.25, 0.3) is 22.6 Å². The monoisotopic (exact) mass is 478 g/mol. The number of anilines is 1. The summed E-state index contributed by atoms with van der Waals surface area (Å²) in [4.78, 5) is 8.67. The number of pyridine rings is 1. The topological polar surface area (TPSA) is 131 Å². The number of aryl methyl sites for hydroxylation is 2. The average Bonchev–Trinajstić information content (AvgIpc) is 3.16. The van der Waals surface area contributed by atoms with Crippen LogP contribution in [-0.2, 0) is 10.0 Å². The first-order valence-corrected chi connectivity index (χ1v) is 11.7. The number of hydrogen-bond acceptors (Lipinski definition) is 7. The summed E-state index contributed by atoms with van der Waals surface area (Å²) in [5.41, 5.74) is 8.93. The highest BCUT2D eigenvalue weighted by Crippen LogP contribution is 2.32. The van der Waals surface area contributed by atoms with Gasteiger partial charge in [0.25, 0.3) is 0 Å².